The van der Waals surface area contributed by atoms with Crippen molar-refractivity contribution in [1.29, 1.82) is 0 Å². The normalized spacial score (nSPS) is 19.2. The number of nitrogens with two attached hydrogens (primary N) is 1. The summed E-state index contributed by atoms with van der Waals surface area (Å²) in [4.78, 5) is 17.5. The fourth-order valence-electron chi connectivity index (χ4n) is 2.19. The number of aromatic nitrogens is 2. The van der Waals surface area contributed by atoms with Gasteiger partial charge in [0.15, 0.2) is 0 Å². The molecule has 6 heteroatoms. The van der Waals surface area contributed by atoms with Crippen molar-refractivity contribution < 1.29 is 9.90 Å². The van der Waals surface area contributed by atoms with Gasteiger partial charge in [-0.3, -0.25) is 9.69 Å². The zero-order chi connectivity index (χ0) is 13.2. The Balaban J connectivity index is 1.78. The number of fused-ring (bicyclic) bond motifs is 1. The molecule has 18 heavy (non-hydrogen) atoms. The van der Waals surface area contributed by atoms with Gasteiger partial charge in [0.25, 0.3) is 0 Å². The molecule has 6 nitrogen and oxygen atoms in total. The molecule has 1 unspecified atom stereocenters. The number of nitrogens with zero attached hydrogens (tertiary/aromatic N) is 3. The van der Waals surface area contributed by atoms with Crippen LogP contribution in [-0.2, 0) is 17.9 Å². The summed E-state index contributed by atoms with van der Waals surface area (Å²) < 4.78 is 2.15. The first-order valence-corrected chi connectivity index (χ1v) is 6.24. The molecule has 0 aliphatic carbocycles. The molecule has 0 saturated carbocycles. The van der Waals surface area contributed by atoms with E-state index in [4.69, 9.17) is 10.8 Å². The third-order valence-electron chi connectivity index (χ3n) is 3.48. The van der Waals surface area contributed by atoms with Gasteiger partial charge in [-0.2, -0.15) is 0 Å². The SMILES string of the molecule is CC(N)(CCCN1CCn2ccnc2C1)C(=O)O. The zero-order valence-electron chi connectivity index (χ0n) is 10.7. The van der Waals surface area contributed by atoms with Gasteiger partial charge in [-0.15, -0.1) is 0 Å². The lowest BCUT2D eigenvalue weighted by atomic mass is 9.97. The van der Waals surface area contributed by atoms with E-state index in [1.165, 1.54) is 0 Å². The van der Waals surface area contributed by atoms with Crippen LogP contribution >= 0.6 is 0 Å². The van der Waals surface area contributed by atoms with E-state index in [2.05, 4.69) is 14.5 Å². The molecule has 100 valence electrons. The predicted octanol–water partition coefficient (Wildman–Crippen LogP) is 0.281. The maximum Gasteiger partial charge on any atom is 0.323 e. The number of hydrogen-bond acceptors (Lipinski definition) is 4. The summed E-state index contributed by atoms with van der Waals surface area (Å²) in [5.74, 6) is 0.145. The maximum atomic E-state index is 10.9. The lowest BCUT2D eigenvalue weighted by molar-refractivity contribution is -0.142. The van der Waals surface area contributed by atoms with Gasteiger partial charge in [0, 0.05) is 25.5 Å². The van der Waals surface area contributed by atoms with Gasteiger partial charge in [0.05, 0.1) is 6.54 Å². The molecule has 1 aromatic rings. The highest BCUT2D eigenvalue weighted by atomic mass is 16.4. The number of imidazole rings is 1. The molecule has 0 saturated heterocycles. The molecular formula is C12H20N4O2. The van der Waals surface area contributed by atoms with E-state index in [1.54, 1.807) is 6.92 Å². The van der Waals surface area contributed by atoms with Crippen LogP contribution in [0.15, 0.2) is 12.4 Å². The second-order valence-electron chi connectivity index (χ2n) is 5.14. The van der Waals surface area contributed by atoms with Crippen molar-refractivity contribution in [1.82, 2.24) is 14.5 Å². The van der Waals surface area contributed by atoms with Crippen LogP contribution in [0.2, 0.25) is 0 Å². The highest BCUT2D eigenvalue weighted by molar-refractivity contribution is 5.77. The molecule has 1 aliphatic heterocycles. The van der Waals surface area contributed by atoms with Crippen molar-refractivity contribution in [2.75, 3.05) is 13.1 Å². The summed E-state index contributed by atoms with van der Waals surface area (Å²) in [7, 11) is 0. The summed E-state index contributed by atoms with van der Waals surface area (Å²) >= 11 is 0. The number of rotatable bonds is 5. The van der Waals surface area contributed by atoms with E-state index in [0.717, 1.165) is 38.4 Å². The smallest absolute Gasteiger partial charge is 0.323 e. The summed E-state index contributed by atoms with van der Waals surface area (Å²) in [5.41, 5.74) is 4.58. The summed E-state index contributed by atoms with van der Waals surface area (Å²) in [6.45, 7) is 5.21. The van der Waals surface area contributed by atoms with E-state index >= 15 is 0 Å². The van der Waals surface area contributed by atoms with Crippen molar-refractivity contribution in [3.8, 4) is 0 Å². The Bertz CT molecular complexity index is 427. The van der Waals surface area contributed by atoms with E-state index in [0.29, 0.717) is 6.42 Å². The van der Waals surface area contributed by atoms with Gasteiger partial charge in [0.2, 0.25) is 0 Å². The van der Waals surface area contributed by atoms with Gasteiger partial charge in [0.1, 0.15) is 11.4 Å². The lowest BCUT2D eigenvalue weighted by Crippen LogP contribution is -2.45. The number of aliphatic carboxylic acids is 1. The molecule has 0 bridgehead atoms. The molecule has 0 aromatic carbocycles. The van der Waals surface area contributed by atoms with E-state index in [-0.39, 0.29) is 0 Å². The van der Waals surface area contributed by atoms with Crippen LogP contribution in [-0.4, -0.2) is 44.2 Å². The van der Waals surface area contributed by atoms with Crippen LogP contribution in [0.3, 0.4) is 0 Å². The second-order valence-corrected chi connectivity index (χ2v) is 5.14. The first-order chi connectivity index (χ1) is 8.49. The number of carboxylic acids is 1. The monoisotopic (exact) mass is 252 g/mol. The Morgan fingerprint density at radius 3 is 3.11 bits per heavy atom. The van der Waals surface area contributed by atoms with Gasteiger partial charge >= 0.3 is 5.97 Å². The largest absolute Gasteiger partial charge is 0.480 e. The van der Waals surface area contributed by atoms with Crippen LogP contribution in [0.1, 0.15) is 25.6 Å². The van der Waals surface area contributed by atoms with Crippen LogP contribution in [0.4, 0.5) is 0 Å². The molecule has 3 N–H and O–H groups in total. The molecule has 0 amide bonds. The fraction of sp³-hybridized carbons (Fsp3) is 0.667. The zero-order valence-corrected chi connectivity index (χ0v) is 10.7. The summed E-state index contributed by atoms with van der Waals surface area (Å²) in [5, 5.41) is 8.93. The Labute approximate surface area is 106 Å². The van der Waals surface area contributed by atoms with Crippen LogP contribution < -0.4 is 5.73 Å². The number of carbonyl (C=O) groups is 1. The topological polar surface area (TPSA) is 84.4 Å². The van der Waals surface area contributed by atoms with Crippen LogP contribution in [0.5, 0.6) is 0 Å². The molecule has 0 fully saturated rings. The van der Waals surface area contributed by atoms with Crippen LogP contribution in [0.25, 0.3) is 0 Å². The van der Waals surface area contributed by atoms with Crippen molar-refractivity contribution >= 4 is 5.97 Å². The van der Waals surface area contributed by atoms with Gasteiger partial charge < -0.3 is 15.4 Å². The Hall–Kier alpha value is -1.40. The molecule has 1 atom stereocenters. The third-order valence-corrected chi connectivity index (χ3v) is 3.48. The molecule has 1 aromatic heterocycles. The van der Waals surface area contributed by atoms with E-state index in [9.17, 15) is 4.79 Å². The Morgan fingerprint density at radius 2 is 2.39 bits per heavy atom. The molecule has 0 radical (unpaired) electrons. The van der Waals surface area contributed by atoms with Gasteiger partial charge in [-0.05, 0) is 26.3 Å². The number of carboxylic acid groups (broad SMARTS) is 1. The molecule has 1 aliphatic rings. The quantitative estimate of drug-likeness (QED) is 0.786. The molecular weight excluding hydrogens is 232 g/mol. The molecule has 2 rings (SSSR count). The lowest BCUT2D eigenvalue weighted by Gasteiger charge is -2.28. The average Bonchev–Trinajstić information content (AvgIpc) is 2.75. The Kier molecular flexibility index (Phi) is 3.68. The molecule has 0 spiro atoms. The van der Waals surface area contributed by atoms with Crippen molar-refractivity contribution in [3.05, 3.63) is 18.2 Å². The number of hydrogen-bond donors (Lipinski definition) is 2. The molecule has 2 heterocycles. The predicted molar refractivity (Wildman–Crippen MR) is 67.0 cm³/mol. The average molecular weight is 252 g/mol. The fourth-order valence-corrected chi connectivity index (χ4v) is 2.19. The standard InChI is InChI=1S/C12H20N4O2/c1-12(13,11(17)18)3-2-5-15-7-8-16-6-4-14-10(16)9-15/h4,6H,2-3,5,7-9,13H2,1H3,(H,17,18). The van der Waals surface area contributed by atoms with Crippen molar-refractivity contribution in [2.45, 2.75) is 38.4 Å². The van der Waals surface area contributed by atoms with E-state index in [1.807, 2.05) is 12.4 Å². The minimum Gasteiger partial charge on any atom is -0.480 e. The highest BCUT2D eigenvalue weighted by Gasteiger charge is 2.27. The summed E-state index contributed by atoms with van der Waals surface area (Å²) in [6, 6.07) is 0. The Morgan fingerprint density at radius 1 is 1.61 bits per heavy atom. The minimum absolute atomic E-state index is 0.493. The first-order valence-electron chi connectivity index (χ1n) is 6.24. The van der Waals surface area contributed by atoms with Gasteiger partial charge in [-0.1, -0.05) is 0 Å². The van der Waals surface area contributed by atoms with Crippen molar-refractivity contribution in [2.24, 2.45) is 5.73 Å². The van der Waals surface area contributed by atoms with E-state index < -0.39 is 11.5 Å². The third kappa shape index (κ3) is 2.88. The summed E-state index contributed by atoms with van der Waals surface area (Å²) in [6.07, 6.45) is 5.10. The first kappa shape index (κ1) is 13.0. The van der Waals surface area contributed by atoms with Crippen LogP contribution in [0, 0.1) is 0 Å². The van der Waals surface area contributed by atoms with Crippen molar-refractivity contribution in [3.63, 3.8) is 0 Å². The maximum absolute atomic E-state index is 10.9. The minimum atomic E-state index is -1.12. The van der Waals surface area contributed by atoms with Gasteiger partial charge in [-0.25, -0.2) is 4.98 Å². The second kappa shape index (κ2) is 5.07. The highest BCUT2D eigenvalue weighted by Crippen LogP contribution is 2.13.